The topological polar surface area (TPSA) is 47.9 Å². The van der Waals surface area contributed by atoms with Crippen molar-refractivity contribution in [1.82, 2.24) is 10.6 Å². The van der Waals surface area contributed by atoms with E-state index >= 15 is 0 Å². The molecule has 3 N–H and O–H groups in total. The first kappa shape index (κ1) is 21.1. The Balaban J connectivity index is 5.41. The first-order valence-corrected chi connectivity index (χ1v) is 8.10. The van der Waals surface area contributed by atoms with Crippen molar-refractivity contribution in [2.24, 2.45) is 5.92 Å². The molecule has 3 heteroatoms. The lowest BCUT2D eigenvalue weighted by Gasteiger charge is -2.20. The van der Waals surface area contributed by atoms with Crippen LogP contribution in [-0.2, 0) is 0 Å². The van der Waals surface area contributed by atoms with Crippen LogP contribution >= 0.6 is 0 Å². The van der Waals surface area contributed by atoms with Gasteiger partial charge in [-0.05, 0) is 57.0 Å². The Bertz CT molecular complexity index is 527. The molecule has 0 amide bonds. The van der Waals surface area contributed by atoms with Gasteiger partial charge in [-0.3, -0.25) is 0 Å². The van der Waals surface area contributed by atoms with E-state index in [4.69, 9.17) is 5.41 Å². The lowest BCUT2D eigenvalue weighted by molar-refractivity contribution is 0.792. The van der Waals surface area contributed by atoms with Crippen LogP contribution in [0.1, 0.15) is 34.6 Å². The molecule has 128 valence electrons. The zero-order valence-electron chi connectivity index (χ0n) is 15.7. The number of nitrogens with one attached hydrogen (secondary N) is 3. The summed E-state index contributed by atoms with van der Waals surface area (Å²) in [5.41, 5.74) is 4.58. The van der Waals surface area contributed by atoms with Crippen LogP contribution in [0.4, 0.5) is 0 Å². The SMILES string of the molecule is C=C(/C(C=C(C)C)=C/C)C(NC)C(=N)/C=C(/C=C\C(C)C)NC. The standard InChI is InChI=1S/C20H33N3/c1-9-17(12-15(4)5)16(6)20(23-8)19(21)13-18(22-7)11-10-14(2)3/h9-14,20-23H,6H2,1-5,7-8H3/b11-10-,17-9+,18-13-,21-19?. The van der Waals surface area contributed by atoms with E-state index in [-0.39, 0.29) is 6.04 Å². The second-order valence-electron chi connectivity index (χ2n) is 6.12. The summed E-state index contributed by atoms with van der Waals surface area (Å²) in [5, 5.41) is 14.7. The molecule has 0 aliphatic rings. The molecule has 0 bridgehead atoms. The van der Waals surface area contributed by atoms with Crippen molar-refractivity contribution in [3.63, 3.8) is 0 Å². The molecular formula is C20H33N3. The number of hydrogen-bond donors (Lipinski definition) is 3. The van der Waals surface area contributed by atoms with Gasteiger partial charge in [0.25, 0.3) is 0 Å². The molecule has 0 aromatic carbocycles. The normalized spacial score (nSPS) is 14.1. The van der Waals surface area contributed by atoms with E-state index in [2.05, 4.69) is 57.1 Å². The fourth-order valence-electron chi connectivity index (χ4n) is 2.11. The van der Waals surface area contributed by atoms with E-state index in [1.54, 1.807) is 0 Å². The third kappa shape index (κ3) is 7.80. The van der Waals surface area contributed by atoms with E-state index in [1.165, 1.54) is 5.57 Å². The quantitative estimate of drug-likeness (QED) is 0.437. The van der Waals surface area contributed by atoms with Crippen molar-refractivity contribution < 1.29 is 0 Å². The zero-order chi connectivity index (χ0) is 18.0. The number of likely N-dealkylation sites (N-methyl/N-ethyl adjacent to an activating group) is 2. The first-order valence-electron chi connectivity index (χ1n) is 8.10. The van der Waals surface area contributed by atoms with Crippen LogP contribution in [0, 0.1) is 11.3 Å². The van der Waals surface area contributed by atoms with Crippen molar-refractivity contribution in [2.75, 3.05) is 14.1 Å². The third-order valence-corrected chi connectivity index (χ3v) is 3.33. The van der Waals surface area contributed by atoms with Gasteiger partial charge in [0.15, 0.2) is 0 Å². The number of rotatable bonds is 9. The molecule has 0 radical (unpaired) electrons. The van der Waals surface area contributed by atoms with Gasteiger partial charge >= 0.3 is 0 Å². The van der Waals surface area contributed by atoms with Crippen LogP contribution in [0.25, 0.3) is 0 Å². The summed E-state index contributed by atoms with van der Waals surface area (Å²) in [6, 6.07) is -0.215. The predicted molar refractivity (Wildman–Crippen MR) is 104 cm³/mol. The van der Waals surface area contributed by atoms with Gasteiger partial charge in [-0.15, -0.1) is 0 Å². The second-order valence-corrected chi connectivity index (χ2v) is 6.12. The average Bonchev–Trinajstić information content (AvgIpc) is 2.48. The highest BCUT2D eigenvalue weighted by molar-refractivity contribution is 6.00. The minimum atomic E-state index is -0.215. The van der Waals surface area contributed by atoms with Gasteiger partial charge in [0.05, 0.1) is 11.8 Å². The van der Waals surface area contributed by atoms with E-state index in [9.17, 15) is 0 Å². The molecule has 0 aromatic heterocycles. The molecule has 1 atom stereocenters. The van der Waals surface area contributed by atoms with Crippen molar-refractivity contribution in [2.45, 2.75) is 40.7 Å². The fraction of sp³-hybridized carbons (Fsp3) is 0.450. The second kappa shape index (κ2) is 10.8. The van der Waals surface area contributed by atoms with E-state index < -0.39 is 0 Å². The Hall–Kier alpha value is -1.87. The molecule has 0 fully saturated rings. The van der Waals surface area contributed by atoms with Crippen LogP contribution in [0.15, 0.2) is 59.4 Å². The number of hydrogen-bond acceptors (Lipinski definition) is 3. The Kier molecular flexibility index (Phi) is 9.91. The van der Waals surface area contributed by atoms with Crippen LogP contribution < -0.4 is 10.6 Å². The fourth-order valence-corrected chi connectivity index (χ4v) is 2.11. The van der Waals surface area contributed by atoms with Crippen LogP contribution in [0.2, 0.25) is 0 Å². The monoisotopic (exact) mass is 315 g/mol. The minimum Gasteiger partial charge on any atom is -0.388 e. The molecule has 23 heavy (non-hydrogen) atoms. The van der Waals surface area contributed by atoms with Crippen LogP contribution in [-0.4, -0.2) is 25.8 Å². The molecule has 3 nitrogen and oxygen atoms in total. The van der Waals surface area contributed by atoms with Crippen molar-refractivity contribution in [1.29, 1.82) is 5.41 Å². The van der Waals surface area contributed by atoms with Gasteiger partial charge in [0.2, 0.25) is 0 Å². The first-order chi connectivity index (χ1) is 10.8. The van der Waals surface area contributed by atoms with Gasteiger partial charge in [0.1, 0.15) is 0 Å². The Labute approximate surface area is 142 Å². The maximum atomic E-state index is 8.43. The summed E-state index contributed by atoms with van der Waals surface area (Å²) in [5.74, 6) is 0.475. The summed E-state index contributed by atoms with van der Waals surface area (Å²) in [6.45, 7) is 14.6. The van der Waals surface area contributed by atoms with Crippen LogP contribution in [0.3, 0.4) is 0 Å². The van der Waals surface area contributed by atoms with Gasteiger partial charge in [-0.25, -0.2) is 0 Å². The number of allylic oxidation sites excluding steroid dienone is 5. The maximum absolute atomic E-state index is 8.43. The zero-order valence-corrected chi connectivity index (χ0v) is 15.7. The minimum absolute atomic E-state index is 0.215. The smallest absolute Gasteiger partial charge is 0.0742 e. The lowest BCUT2D eigenvalue weighted by Crippen LogP contribution is -2.35. The third-order valence-electron chi connectivity index (χ3n) is 3.33. The summed E-state index contributed by atoms with van der Waals surface area (Å²) in [6.07, 6.45) is 10.1. The Morgan fingerprint density at radius 3 is 2.13 bits per heavy atom. The lowest BCUT2D eigenvalue weighted by atomic mass is 9.94. The molecule has 0 rings (SSSR count). The predicted octanol–water partition coefficient (Wildman–Crippen LogP) is 4.38. The van der Waals surface area contributed by atoms with Crippen molar-refractivity contribution >= 4 is 5.71 Å². The van der Waals surface area contributed by atoms with Gasteiger partial charge in [-0.2, -0.15) is 0 Å². The summed E-state index contributed by atoms with van der Waals surface area (Å²) in [7, 11) is 3.73. The van der Waals surface area contributed by atoms with E-state index in [0.29, 0.717) is 11.6 Å². The highest BCUT2D eigenvalue weighted by atomic mass is 14.9. The molecule has 0 aromatic rings. The largest absolute Gasteiger partial charge is 0.388 e. The summed E-state index contributed by atoms with van der Waals surface area (Å²) < 4.78 is 0. The van der Waals surface area contributed by atoms with Crippen molar-refractivity contribution in [3.8, 4) is 0 Å². The molecular weight excluding hydrogens is 282 g/mol. The molecule has 0 heterocycles. The average molecular weight is 316 g/mol. The highest BCUT2D eigenvalue weighted by Gasteiger charge is 2.16. The van der Waals surface area contributed by atoms with Gasteiger partial charge in [-0.1, -0.05) is 44.2 Å². The van der Waals surface area contributed by atoms with Crippen molar-refractivity contribution in [3.05, 3.63) is 59.4 Å². The Morgan fingerprint density at radius 1 is 1.13 bits per heavy atom. The maximum Gasteiger partial charge on any atom is 0.0742 e. The molecule has 0 spiro atoms. The molecule has 0 aliphatic heterocycles. The van der Waals surface area contributed by atoms with Gasteiger partial charge in [0, 0.05) is 12.7 Å². The van der Waals surface area contributed by atoms with Gasteiger partial charge < -0.3 is 16.0 Å². The summed E-state index contributed by atoms with van der Waals surface area (Å²) in [4.78, 5) is 0. The van der Waals surface area contributed by atoms with E-state index in [1.807, 2.05) is 39.2 Å². The molecule has 1 unspecified atom stereocenters. The molecule has 0 aliphatic carbocycles. The summed E-state index contributed by atoms with van der Waals surface area (Å²) >= 11 is 0. The molecule has 0 saturated heterocycles. The highest BCUT2D eigenvalue weighted by Crippen LogP contribution is 2.17. The Morgan fingerprint density at radius 2 is 1.74 bits per heavy atom. The van der Waals surface area contributed by atoms with E-state index in [0.717, 1.165) is 16.8 Å². The van der Waals surface area contributed by atoms with Crippen LogP contribution in [0.5, 0.6) is 0 Å². The molecule has 0 saturated carbocycles.